The molecule has 9 heteroatoms. The lowest BCUT2D eigenvalue weighted by Gasteiger charge is -2.35. The Balaban J connectivity index is 1.27. The summed E-state index contributed by atoms with van der Waals surface area (Å²) in [6.45, 7) is 3.88. The van der Waals surface area contributed by atoms with Crippen molar-refractivity contribution >= 4 is 34.3 Å². The topological polar surface area (TPSA) is 135 Å². The van der Waals surface area contributed by atoms with Crippen LogP contribution in [0.15, 0.2) is 72.8 Å². The third-order valence-electron chi connectivity index (χ3n) is 8.38. The van der Waals surface area contributed by atoms with Crippen molar-refractivity contribution in [3.63, 3.8) is 0 Å². The molecule has 0 heterocycles. The van der Waals surface area contributed by atoms with Gasteiger partial charge in [-0.1, -0.05) is 48.5 Å². The number of carboxylic acid groups (broad SMARTS) is 1. The molecule has 5 rings (SSSR count). The zero-order valence-electron chi connectivity index (χ0n) is 25.4. The molecule has 2 N–H and O–H groups in total. The van der Waals surface area contributed by atoms with E-state index in [1.54, 1.807) is 19.1 Å². The maximum Gasteiger partial charge on any atom is 0.337 e. The van der Waals surface area contributed by atoms with Crippen LogP contribution in [-0.4, -0.2) is 36.2 Å². The Bertz CT molecular complexity index is 1810. The number of aryl methyl sites for hydroxylation is 1. The normalized spacial score (nSPS) is 17.6. The summed E-state index contributed by atoms with van der Waals surface area (Å²) in [5, 5.41) is 24.2. The summed E-state index contributed by atoms with van der Waals surface area (Å²) in [4.78, 5) is 38.3. The van der Waals surface area contributed by atoms with Crippen molar-refractivity contribution in [2.75, 3.05) is 12.4 Å². The number of anilines is 1. The van der Waals surface area contributed by atoms with Crippen molar-refractivity contribution in [1.29, 1.82) is 5.26 Å². The van der Waals surface area contributed by atoms with Crippen molar-refractivity contribution in [1.82, 2.24) is 0 Å². The smallest absolute Gasteiger partial charge is 0.337 e. The molecule has 0 aromatic heterocycles. The minimum Gasteiger partial charge on any atom is -0.496 e. The Hall–Kier alpha value is -5.36. The summed E-state index contributed by atoms with van der Waals surface area (Å²) < 4.78 is 17.4. The summed E-state index contributed by atoms with van der Waals surface area (Å²) >= 11 is 0. The number of carboxylic acids is 1. The molecule has 4 aromatic rings. The molecule has 1 aliphatic rings. The number of nitrogens with zero attached hydrogens (tertiary/aromatic N) is 1. The van der Waals surface area contributed by atoms with Crippen LogP contribution in [-0.2, 0) is 16.1 Å². The molecule has 0 unspecified atom stereocenters. The fraction of sp³-hybridized carbons (Fsp3) is 0.278. The van der Waals surface area contributed by atoms with Gasteiger partial charge in [0.2, 0.25) is 0 Å². The van der Waals surface area contributed by atoms with Crippen LogP contribution in [0.5, 0.6) is 11.5 Å². The summed E-state index contributed by atoms with van der Waals surface area (Å²) in [6.07, 6.45) is 1.86. The van der Waals surface area contributed by atoms with Crippen LogP contribution >= 0.6 is 0 Å². The van der Waals surface area contributed by atoms with E-state index in [4.69, 9.17) is 14.2 Å². The number of fused-ring (bicyclic) bond motifs is 1. The molecular formula is C36H34N2O7. The average Bonchev–Trinajstić information content (AvgIpc) is 3.04. The Morgan fingerprint density at radius 1 is 0.978 bits per heavy atom. The second-order valence-electron chi connectivity index (χ2n) is 11.6. The first-order valence-corrected chi connectivity index (χ1v) is 14.7. The van der Waals surface area contributed by atoms with E-state index in [-0.39, 0.29) is 52.6 Å². The minimum absolute atomic E-state index is 0.0565. The van der Waals surface area contributed by atoms with Crippen LogP contribution in [0.2, 0.25) is 0 Å². The molecule has 0 saturated heterocycles. The van der Waals surface area contributed by atoms with Crippen LogP contribution in [0.1, 0.15) is 70.0 Å². The molecule has 1 amide bonds. The van der Waals surface area contributed by atoms with Gasteiger partial charge in [-0.25, -0.2) is 4.79 Å². The molecular weight excluding hydrogens is 572 g/mol. The van der Waals surface area contributed by atoms with Gasteiger partial charge in [-0.05, 0) is 79.6 Å². The zero-order chi connectivity index (χ0) is 32.1. The number of nitrogens with one attached hydrogen (secondary N) is 1. The fourth-order valence-corrected chi connectivity index (χ4v) is 5.69. The molecule has 9 nitrogen and oxygen atoms in total. The van der Waals surface area contributed by atoms with E-state index in [9.17, 15) is 24.8 Å². The van der Waals surface area contributed by atoms with E-state index >= 15 is 0 Å². The fourth-order valence-electron chi connectivity index (χ4n) is 5.69. The van der Waals surface area contributed by atoms with Crippen molar-refractivity contribution in [3.05, 3.63) is 101 Å². The van der Waals surface area contributed by atoms with Crippen molar-refractivity contribution in [2.45, 2.75) is 52.2 Å². The highest BCUT2D eigenvalue weighted by molar-refractivity contribution is 6.09. The van der Waals surface area contributed by atoms with E-state index in [0.29, 0.717) is 25.7 Å². The van der Waals surface area contributed by atoms with E-state index in [1.165, 1.54) is 25.3 Å². The number of hydrogen-bond acceptors (Lipinski definition) is 7. The quantitative estimate of drug-likeness (QED) is 0.194. The number of carbonyl (C=O) groups excluding carboxylic acids is 2. The lowest BCUT2D eigenvalue weighted by molar-refractivity contribution is -0.159. The molecule has 0 aliphatic heterocycles. The summed E-state index contributed by atoms with van der Waals surface area (Å²) in [7, 11) is 1.38. The van der Waals surface area contributed by atoms with E-state index in [1.807, 2.05) is 49.4 Å². The Morgan fingerprint density at radius 2 is 1.71 bits per heavy atom. The first-order valence-electron chi connectivity index (χ1n) is 14.7. The summed E-state index contributed by atoms with van der Waals surface area (Å²) in [5.41, 5.74) is 1.40. The number of hydrogen-bond donors (Lipinski definition) is 2. The predicted octanol–water partition coefficient (Wildman–Crippen LogP) is 7.05. The van der Waals surface area contributed by atoms with Gasteiger partial charge in [0, 0.05) is 6.07 Å². The Labute approximate surface area is 261 Å². The van der Waals surface area contributed by atoms with Gasteiger partial charge in [-0.2, -0.15) is 5.26 Å². The van der Waals surface area contributed by atoms with E-state index in [2.05, 4.69) is 11.4 Å². The second kappa shape index (κ2) is 13.1. The van der Waals surface area contributed by atoms with Crippen molar-refractivity contribution < 1.29 is 33.7 Å². The molecule has 0 radical (unpaired) electrons. The van der Waals surface area contributed by atoms with Gasteiger partial charge >= 0.3 is 11.9 Å². The van der Waals surface area contributed by atoms with Crippen LogP contribution in [0.3, 0.4) is 0 Å². The summed E-state index contributed by atoms with van der Waals surface area (Å²) in [6, 6.07) is 23.5. The lowest BCUT2D eigenvalue weighted by atomic mass is 9.74. The van der Waals surface area contributed by atoms with Gasteiger partial charge in [0.15, 0.2) is 0 Å². The number of benzene rings is 4. The number of amides is 1. The second-order valence-corrected chi connectivity index (χ2v) is 11.6. The predicted molar refractivity (Wildman–Crippen MR) is 169 cm³/mol. The van der Waals surface area contributed by atoms with Gasteiger partial charge < -0.3 is 24.6 Å². The summed E-state index contributed by atoms with van der Waals surface area (Å²) in [5.74, 6) is -1.70. The monoisotopic (exact) mass is 606 g/mol. The zero-order valence-corrected chi connectivity index (χ0v) is 25.4. The van der Waals surface area contributed by atoms with Gasteiger partial charge in [0.1, 0.15) is 24.2 Å². The standard InChI is InChI=1S/C36H34N2O7/c1-22-11-12-28(34(40)41)30(17-22)38-33(39)29-19-31(25(20-37)18-32(29)43-3)45-26-13-15-36(2,16-14-26)35(42)44-21-24-9-6-8-23-7-4-5-10-27(23)24/h4-12,17-19,26H,13-16,21H2,1-3H3,(H,38,39)(H,40,41)/t26-,36+. The molecule has 1 fully saturated rings. The Morgan fingerprint density at radius 3 is 2.42 bits per heavy atom. The maximum absolute atomic E-state index is 13.3. The molecule has 4 aromatic carbocycles. The maximum atomic E-state index is 13.3. The number of methoxy groups -OCH3 is 1. The molecule has 0 spiro atoms. The molecule has 230 valence electrons. The third-order valence-corrected chi connectivity index (χ3v) is 8.38. The van der Waals surface area contributed by atoms with Crippen molar-refractivity contribution in [3.8, 4) is 17.6 Å². The highest BCUT2D eigenvalue weighted by Crippen LogP contribution is 2.40. The van der Waals surface area contributed by atoms with Gasteiger partial charge in [0.25, 0.3) is 5.91 Å². The number of ether oxygens (including phenoxy) is 3. The van der Waals surface area contributed by atoms with Gasteiger partial charge in [-0.3, -0.25) is 9.59 Å². The third kappa shape index (κ3) is 6.75. The minimum atomic E-state index is -1.18. The number of aromatic carboxylic acids is 1. The van der Waals surface area contributed by atoms with Crippen LogP contribution in [0.25, 0.3) is 10.8 Å². The van der Waals surface area contributed by atoms with Crippen LogP contribution in [0.4, 0.5) is 5.69 Å². The van der Waals surface area contributed by atoms with Crippen LogP contribution in [0, 0.1) is 23.7 Å². The number of rotatable bonds is 9. The van der Waals surface area contributed by atoms with Gasteiger partial charge in [-0.15, -0.1) is 0 Å². The highest BCUT2D eigenvalue weighted by Gasteiger charge is 2.40. The highest BCUT2D eigenvalue weighted by atomic mass is 16.5. The number of esters is 1. The molecule has 45 heavy (non-hydrogen) atoms. The van der Waals surface area contributed by atoms with Gasteiger partial charge in [0.05, 0.1) is 41.0 Å². The molecule has 1 saturated carbocycles. The number of nitriles is 1. The molecule has 0 atom stereocenters. The molecule has 1 aliphatic carbocycles. The van der Waals surface area contributed by atoms with Crippen LogP contribution < -0.4 is 14.8 Å². The largest absolute Gasteiger partial charge is 0.496 e. The van der Waals surface area contributed by atoms with E-state index in [0.717, 1.165) is 21.9 Å². The first kappa shape index (κ1) is 31.1. The van der Waals surface area contributed by atoms with E-state index < -0.39 is 17.3 Å². The SMILES string of the molecule is COc1cc(C#N)c(O[C@H]2CC[C@@](C)(C(=O)OCc3cccc4ccccc34)CC2)cc1C(=O)Nc1cc(C)ccc1C(=O)O. The average molecular weight is 607 g/mol. The van der Waals surface area contributed by atoms with Crippen molar-refractivity contribution in [2.24, 2.45) is 5.41 Å². The Kier molecular flexibility index (Phi) is 9.05. The number of carbonyl (C=O) groups is 3. The lowest BCUT2D eigenvalue weighted by Crippen LogP contribution is -2.37. The first-order chi connectivity index (χ1) is 21.6. The molecule has 0 bridgehead atoms.